The second-order valence-electron chi connectivity index (χ2n) is 8.48. The van der Waals surface area contributed by atoms with Crippen LogP contribution >= 0.6 is 0 Å². The zero-order chi connectivity index (χ0) is 26.5. The minimum atomic E-state index is -0.357. The van der Waals surface area contributed by atoms with Gasteiger partial charge in [0.15, 0.2) is 11.6 Å². The summed E-state index contributed by atoms with van der Waals surface area (Å²) in [5, 5.41) is 0. The normalized spacial score (nSPS) is 10.5. The molecule has 5 rings (SSSR count). The summed E-state index contributed by atoms with van der Waals surface area (Å²) in [5.74, 6) is 0.822. The van der Waals surface area contributed by atoms with E-state index in [1.807, 2.05) is 0 Å². The summed E-state index contributed by atoms with van der Waals surface area (Å²) in [6.07, 6.45) is 0. The second kappa shape index (κ2) is 10.7. The summed E-state index contributed by atoms with van der Waals surface area (Å²) >= 11 is 0. The first-order chi connectivity index (χ1) is 18.5. The number of carbonyl (C=O) groups excluding carboxylic acids is 2. The Balaban J connectivity index is 1.51. The summed E-state index contributed by atoms with van der Waals surface area (Å²) in [5.41, 5.74) is 14.1. The highest BCUT2D eigenvalue weighted by Gasteiger charge is 2.24. The average Bonchev–Trinajstić information content (AvgIpc) is 2.95. The molecule has 6 heteroatoms. The van der Waals surface area contributed by atoms with Crippen LogP contribution in [0.5, 0.6) is 23.0 Å². The Morgan fingerprint density at radius 3 is 1.05 bits per heavy atom. The Morgan fingerprint density at radius 2 is 0.684 bits per heavy atom. The maximum atomic E-state index is 13.8. The lowest BCUT2D eigenvalue weighted by Crippen LogP contribution is -2.12. The summed E-state index contributed by atoms with van der Waals surface area (Å²) < 4.78 is 12.0. The SMILES string of the molecule is Nc1ccccc1Oc1ccccc1C(=O)c1ccccc1C(=O)c1ccccc1Oc1ccccc1N. The standard InChI is InChI=1S/C32H24N2O4/c33-25-15-5-9-19-29(25)37-27-17-7-3-13-23(27)31(35)21-11-1-2-12-22(21)32(36)24-14-4-8-18-28(24)38-30-20-10-6-16-26(30)34/h1-20H,33-34H2. The third-order valence-corrected chi connectivity index (χ3v) is 5.96. The van der Waals surface area contributed by atoms with Crippen LogP contribution in [0, 0.1) is 0 Å². The van der Waals surface area contributed by atoms with Crippen LogP contribution in [0.15, 0.2) is 121 Å². The number of hydrogen-bond acceptors (Lipinski definition) is 6. The predicted molar refractivity (Wildman–Crippen MR) is 148 cm³/mol. The molecule has 0 unspecified atom stereocenters. The van der Waals surface area contributed by atoms with Crippen LogP contribution in [-0.4, -0.2) is 11.6 Å². The van der Waals surface area contributed by atoms with Crippen LogP contribution in [-0.2, 0) is 0 Å². The first kappa shape index (κ1) is 24.3. The second-order valence-corrected chi connectivity index (χ2v) is 8.48. The summed E-state index contributed by atoms with van der Waals surface area (Å²) in [4.78, 5) is 27.6. The van der Waals surface area contributed by atoms with Crippen molar-refractivity contribution < 1.29 is 19.1 Å². The van der Waals surface area contributed by atoms with E-state index < -0.39 is 0 Å². The van der Waals surface area contributed by atoms with Gasteiger partial charge in [-0.2, -0.15) is 0 Å². The molecule has 0 atom stereocenters. The number of ketones is 2. The van der Waals surface area contributed by atoms with Gasteiger partial charge >= 0.3 is 0 Å². The van der Waals surface area contributed by atoms with Gasteiger partial charge in [-0.25, -0.2) is 0 Å². The molecule has 5 aromatic rings. The smallest absolute Gasteiger partial charge is 0.197 e. The maximum absolute atomic E-state index is 13.8. The minimum Gasteiger partial charge on any atom is -0.454 e. The third kappa shape index (κ3) is 4.96. The zero-order valence-corrected chi connectivity index (χ0v) is 20.3. The lowest BCUT2D eigenvalue weighted by molar-refractivity contribution is 0.100. The molecule has 0 aliphatic heterocycles. The first-order valence-corrected chi connectivity index (χ1v) is 11.9. The molecule has 5 aromatic carbocycles. The van der Waals surface area contributed by atoms with Gasteiger partial charge in [-0.1, -0.05) is 72.8 Å². The number of rotatable bonds is 8. The third-order valence-electron chi connectivity index (χ3n) is 5.96. The number of ether oxygens (including phenoxy) is 2. The fourth-order valence-electron chi connectivity index (χ4n) is 4.04. The Kier molecular flexibility index (Phi) is 6.87. The van der Waals surface area contributed by atoms with Crippen LogP contribution in [0.2, 0.25) is 0 Å². The first-order valence-electron chi connectivity index (χ1n) is 11.9. The Morgan fingerprint density at radius 1 is 0.395 bits per heavy atom. The van der Waals surface area contributed by atoms with Gasteiger partial charge in [0.2, 0.25) is 0 Å². The van der Waals surface area contributed by atoms with Crippen LogP contribution in [0.1, 0.15) is 31.8 Å². The van der Waals surface area contributed by atoms with Gasteiger partial charge in [-0.15, -0.1) is 0 Å². The van der Waals surface area contributed by atoms with Gasteiger partial charge in [0.25, 0.3) is 0 Å². The number of benzene rings is 5. The summed E-state index contributed by atoms with van der Waals surface area (Å²) in [6.45, 7) is 0. The van der Waals surface area contributed by atoms with Gasteiger partial charge < -0.3 is 20.9 Å². The highest BCUT2D eigenvalue weighted by Crippen LogP contribution is 2.33. The number of nitrogens with two attached hydrogens (primary N) is 2. The zero-order valence-electron chi connectivity index (χ0n) is 20.3. The molecule has 0 spiro atoms. The molecule has 38 heavy (non-hydrogen) atoms. The van der Waals surface area contributed by atoms with Gasteiger partial charge in [-0.3, -0.25) is 9.59 Å². The monoisotopic (exact) mass is 500 g/mol. The Hall–Kier alpha value is -5.36. The summed E-state index contributed by atoms with van der Waals surface area (Å²) in [7, 11) is 0. The van der Waals surface area contributed by atoms with Crippen molar-refractivity contribution in [3.05, 3.63) is 144 Å². The predicted octanol–water partition coefficient (Wildman–Crippen LogP) is 6.90. The van der Waals surface area contributed by atoms with Gasteiger partial charge in [-0.05, 0) is 48.5 Å². The molecule has 0 saturated heterocycles. The molecule has 0 amide bonds. The molecule has 0 aliphatic rings. The van der Waals surface area contributed by atoms with Crippen molar-refractivity contribution in [1.29, 1.82) is 0 Å². The average molecular weight is 501 g/mol. The molecule has 0 heterocycles. The Bertz CT molecular complexity index is 1520. The Labute approximate surface area is 220 Å². The van der Waals surface area contributed by atoms with E-state index in [-0.39, 0.29) is 22.7 Å². The number of para-hydroxylation sites is 6. The van der Waals surface area contributed by atoms with Crippen molar-refractivity contribution in [3.8, 4) is 23.0 Å². The molecule has 0 bridgehead atoms. The molecule has 186 valence electrons. The lowest BCUT2D eigenvalue weighted by Gasteiger charge is -2.15. The molecular weight excluding hydrogens is 476 g/mol. The molecule has 0 saturated carbocycles. The fraction of sp³-hybridized carbons (Fsp3) is 0. The van der Waals surface area contributed by atoms with E-state index in [2.05, 4.69) is 0 Å². The maximum Gasteiger partial charge on any atom is 0.197 e. The molecule has 0 radical (unpaired) electrons. The van der Waals surface area contributed by atoms with Crippen molar-refractivity contribution in [2.75, 3.05) is 11.5 Å². The molecule has 0 fully saturated rings. The quantitative estimate of drug-likeness (QED) is 0.177. The van der Waals surface area contributed by atoms with Crippen molar-refractivity contribution in [2.45, 2.75) is 0 Å². The molecule has 6 nitrogen and oxygen atoms in total. The number of nitrogen functional groups attached to an aromatic ring is 2. The van der Waals surface area contributed by atoms with E-state index in [1.54, 1.807) is 121 Å². The number of hydrogen-bond donors (Lipinski definition) is 2. The highest BCUT2D eigenvalue weighted by molar-refractivity contribution is 6.21. The van der Waals surface area contributed by atoms with E-state index in [0.717, 1.165) is 0 Å². The number of anilines is 2. The van der Waals surface area contributed by atoms with Crippen molar-refractivity contribution >= 4 is 22.9 Å². The van der Waals surface area contributed by atoms with Gasteiger partial charge in [0, 0.05) is 11.1 Å². The van der Waals surface area contributed by atoms with E-state index in [0.29, 0.717) is 45.5 Å². The topological polar surface area (TPSA) is 105 Å². The largest absolute Gasteiger partial charge is 0.454 e. The highest BCUT2D eigenvalue weighted by atomic mass is 16.5. The van der Waals surface area contributed by atoms with Crippen LogP contribution in [0.4, 0.5) is 11.4 Å². The van der Waals surface area contributed by atoms with Gasteiger partial charge in [0.1, 0.15) is 23.0 Å². The lowest BCUT2D eigenvalue weighted by atomic mass is 9.92. The van der Waals surface area contributed by atoms with Gasteiger partial charge in [0.05, 0.1) is 22.5 Å². The van der Waals surface area contributed by atoms with E-state index in [9.17, 15) is 9.59 Å². The minimum absolute atomic E-state index is 0.239. The van der Waals surface area contributed by atoms with Crippen molar-refractivity contribution in [1.82, 2.24) is 0 Å². The molecule has 4 N–H and O–H groups in total. The molecular formula is C32H24N2O4. The van der Waals surface area contributed by atoms with Crippen LogP contribution in [0.25, 0.3) is 0 Å². The summed E-state index contributed by atoms with van der Waals surface area (Å²) in [6, 6.07) is 34.5. The van der Waals surface area contributed by atoms with Crippen molar-refractivity contribution in [3.63, 3.8) is 0 Å². The van der Waals surface area contributed by atoms with Crippen LogP contribution in [0.3, 0.4) is 0 Å². The fourth-order valence-corrected chi connectivity index (χ4v) is 4.04. The van der Waals surface area contributed by atoms with E-state index in [4.69, 9.17) is 20.9 Å². The van der Waals surface area contributed by atoms with E-state index in [1.165, 1.54) is 0 Å². The molecule has 0 aliphatic carbocycles. The van der Waals surface area contributed by atoms with E-state index >= 15 is 0 Å². The number of carbonyl (C=O) groups is 2. The molecule has 0 aromatic heterocycles. The van der Waals surface area contributed by atoms with Crippen molar-refractivity contribution in [2.24, 2.45) is 0 Å². The van der Waals surface area contributed by atoms with Crippen LogP contribution < -0.4 is 20.9 Å².